The molecule has 1 saturated heterocycles. The fourth-order valence-corrected chi connectivity index (χ4v) is 3.87. The third-order valence-corrected chi connectivity index (χ3v) is 5.68. The summed E-state index contributed by atoms with van der Waals surface area (Å²) in [5.41, 5.74) is 0.313. The van der Waals surface area contributed by atoms with E-state index in [0.717, 1.165) is 45.0 Å². The van der Waals surface area contributed by atoms with Gasteiger partial charge in [0.15, 0.2) is 0 Å². The molecule has 0 unspecified atom stereocenters. The van der Waals surface area contributed by atoms with Crippen LogP contribution in [-0.2, 0) is 6.61 Å². The molecule has 0 aromatic carbocycles. The average molecular weight is 456 g/mol. The summed E-state index contributed by atoms with van der Waals surface area (Å²) in [6, 6.07) is 10.0. The van der Waals surface area contributed by atoms with Crippen LogP contribution in [0.15, 0.2) is 58.4 Å². The number of nitrogens with zero attached hydrogens (tertiary/aromatic N) is 4. The Bertz CT molecular complexity index is 1170. The summed E-state index contributed by atoms with van der Waals surface area (Å²) in [4.78, 5) is 37.0. The van der Waals surface area contributed by atoms with Crippen molar-refractivity contribution in [1.29, 1.82) is 0 Å². The lowest BCUT2D eigenvalue weighted by Crippen LogP contribution is -2.47. The van der Waals surface area contributed by atoms with E-state index < -0.39 is 0 Å². The van der Waals surface area contributed by atoms with E-state index in [1.54, 1.807) is 36.7 Å². The molecule has 8 nitrogen and oxygen atoms in total. The van der Waals surface area contributed by atoms with E-state index >= 15 is 0 Å². The minimum atomic E-state index is -0.349. The van der Waals surface area contributed by atoms with Crippen molar-refractivity contribution >= 4 is 17.4 Å². The molecule has 1 N–H and O–H groups in total. The molecule has 0 spiro atoms. The standard InChI is InChI=1S/C23H26ClN5O3/c1-2-8-27-10-12-28(13-11-27)21-6-5-20(23(31)26-21)29-9-7-19(14-22(29)30)32-16-18-4-3-17(24)15-25-18/h3-7,9,14-15H,2,8,10-13,16H2,1H3,(H,26,31). The minimum Gasteiger partial charge on any atom is -0.487 e. The Morgan fingerprint density at radius 3 is 2.56 bits per heavy atom. The summed E-state index contributed by atoms with van der Waals surface area (Å²) < 4.78 is 6.96. The van der Waals surface area contributed by atoms with Crippen molar-refractivity contribution in [1.82, 2.24) is 19.4 Å². The number of aromatic amines is 1. The van der Waals surface area contributed by atoms with Crippen LogP contribution in [-0.4, -0.2) is 52.2 Å². The molecule has 9 heteroatoms. The van der Waals surface area contributed by atoms with Crippen molar-refractivity contribution in [2.45, 2.75) is 20.0 Å². The number of piperazine rings is 1. The Kier molecular flexibility index (Phi) is 6.92. The van der Waals surface area contributed by atoms with E-state index in [1.807, 2.05) is 6.07 Å². The summed E-state index contributed by atoms with van der Waals surface area (Å²) in [6.07, 6.45) is 4.22. The topological polar surface area (TPSA) is 83.5 Å². The third kappa shape index (κ3) is 5.20. The molecule has 0 saturated carbocycles. The van der Waals surface area contributed by atoms with Crippen molar-refractivity contribution in [3.63, 3.8) is 0 Å². The molecule has 0 aliphatic carbocycles. The van der Waals surface area contributed by atoms with Crippen LogP contribution >= 0.6 is 11.6 Å². The molecular formula is C23H26ClN5O3. The molecule has 0 atom stereocenters. The van der Waals surface area contributed by atoms with Gasteiger partial charge in [0, 0.05) is 44.6 Å². The predicted molar refractivity (Wildman–Crippen MR) is 125 cm³/mol. The molecular weight excluding hydrogens is 430 g/mol. The second kappa shape index (κ2) is 10.0. The van der Waals surface area contributed by atoms with Crippen LogP contribution in [0.2, 0.25) is 5.02 Å². The number of rotatable bonds is 7. The number of nitrogens with one attached hydrogen (secondary N) is 1. The first kappa shape index (κ1) is 22.1. The van der Waals surface area contributed by atoms with Gasteiger partial charge in [-0.05, 0) is 43.3 Å². The van der Waals surface area contributed by atoms with Gasteiger partial charge in [0.25, 0.3) is 11.1 Å². The summed E-state index contributed by atoms with van der Waals surface area (Å²) >= 11 is 5.83. The fourth-order valence-electron chi connectivity index (χ4n) is 3.76. The van der Waals surface area contributed by atoms with Crippen LogP contribution in [0.1, 0.15) is 19.0 Å². The first-order valence-electron chi connectivity index (χ1n) is 10.7. The van der Waals surface area contributed by atoms with Gasteiger partial charge in [-0.15, -0.1) is 0 Å². The minimum absolute atomic E-state index is 0.210. The van der Waals surface area contributed by atoms with Crippen molar-refractivity contribution in [2.24, 2.45) is 0 Å². The third-order valence-electron chi connectivity index (χ3n) is 5.45. The van der Waals surface area contributed by atoms with E-state index in [-0.39, 0.29) is 23.4 Å². The highest BCUT2D eigenvalue weighted by Gasteiger charge is 2.18. The zero-order valence-electron chi connectivity index (χ0n) is 18.0. The largest absolute Gasteiger partial charge is 0.487 e. The molecule has 0 radical (unpaired) electrons. The lowest BCUT2D eigenvalue weighted by atomic mass is 10.2. The van der Waals surface area contributed by atoms with Gasteiger partial charge in [-0.2, -0.15) is 0 Å². The number of H-pyrrole nitrogens is 1. The molecule has 0 amide bonds. The Balaban J connectivity index is 1.45. The van der Waals surface area contributed by atoms with E-state index in [2.05, 4.69) is 26.7 Å². The smallest absolute Gasteiger partial charge is 0.273 e. The van der Waals surface area contributed by atoms with Gasteiger partial charge in [-0.3, -0.25) is 24.0 Å². The molecule has 4 heterocycles. The highest BCUT2D eigenvalue weighted by molar-refractivity contribution is 6.30. The summed E-state index contributed by atoms with van der Waals surface area (Å²) in [6.45, 7) is 7.17. The van der Waals surface area contributed by atoms with Gasteiger partial charge >= 0.3 is 0 Å². The molecule has 0 bridgehead atoms. The lowest BCUT2D eigenvalue weighted by Gasteiger charge is -2.35. The second-order valence-corrected chi connectivity index (χ2v) is 8.15. The Morgan fingerprint density at radius 2 is 1.91 bits per heavy atom. The first-order chi connectivity index (χ1) is 15.5. The fraction of sp³-hybridized carbons (Fsp3) is 0.348. The van der Waals surface area contributed by atoms with Crippen molar-refractivity contribution in [3.8, 4) is 11.4 Å². The zero-order chi connectivity index (χ0) is 22.5. The Labute approximate surface area is 191 Å². The highest BCUT2D eigenvalue weighted by Crippen LogP contribution is 2.15. The Morgan fingerprint density at radius 1 is 1.09 bits per heavy atom. The van der Waals surface area contributed by atoms with Gasteiger partial charge in [0.05, 0.1) is 10.7 Å². The van der Waals surface area contributed by atoms with Gasteiger partial charge in [0.1, 0.15) is 23.9 Å². The maximum Gasteiger partial charge on any atom is 0.273 e. The Hall–Kier alpha value is -3.10. The maximum atomic E-state index is 12.7. The number of anilines is 1. The van der Waals surface area contributed by atoms with Crippen molar-refractivity contribution in [3.05, 3.63) is 80.2 Å². The van der Waals surface area contributed by atoms with Crippen LogP contribution in [0.5, 0.6) is 5.75 Å². The predicted octanol–water partition coefficient (Wildman–Crippen LogP) is 2.69. The molecule has 4 rings (SSSR count). The summed E-state index contributed by atoms with van der Waals surface area (Å²) in [5, 5.41) is 0.548. The van der Waals surface area contributed by atoms with Crippen LogP contribution in [0.25, 0.3) is 5.69 Å². The molecule has 168 valence electrons. The quantitative estimate of drug-likeness (QED) is 0.589. The first-order valence-corrected chi connectivity index (χ1v) is 11.1. The van der Waals surface area contributed by atoms with E-state index in [9.17, 15) is 9.59 Å². The number of pyridine rings is 3. The molecule has 1 fully saturated rings. The normalized spacial score (nSPS) is 14.5. The zero-order valence-corrected chi connectivity index (χ0v) is 18.7. The van der Waals surface area contributed by atoms with Gasteiger partial charge < -0.3 is 14.6 Å². The molecule has 1 aliphatic rings. The number of ether oxygens (including phenoxy) is 1. The van der Waals surface area contributed by atoms with E-state index in [0.29, 0.717) is 16.5 Å². The number of aromatic nitrogens is 3. The summed E-state index contributed by atoms with van der Waals surface area (Å²) in [5.74, 6) is 1.18. The van der Waals surface area contributed by atoms with Gasteiger partial charge in [-0.1, -0.05) is 18.5 Å². The lowest BCUT2D eigenvalue weighted by molar-refractivity contribution is 0.258. The average Bonchev–Trinajstić information content (AvgIpc) is 2.80. The monoisotopic (exact) mass is 455 g/mol. The highest BCUT2D eigenvalue weighted by atomic mass is 35.5. The van der Waals surface area contributed by atoms with Crippen molar-refractivity contribution < 1.29 is 4.74 Å². The van der Waals surface area contributed by atoms with Crippen LogP contribution in [0.4, 0.5) is 5.82 Å². The van der Waals surface area contributed by atoms with Crippen LogP contribution in [0.3, 0.4) is 0 Å². The molecule has 3 aromatic rings. The molecule has 3 aromatic heterocycles. The van der Waals surface area contributed by atoms with Crippen LogP contribution in [0, 0.1) is 0 Å². The SMILES string of the molecule is CCCN1CCN(c2ccc(-n3ccc(OCc4ccc(Cl)cn4)cc3=O)c(=O)[nH]2)CC1. The van der Waals surface area contributed by atoms with E-state index in [4.69, 9.17) is 16.3 Å². The van der Waals surface area contributed by atoms with E-state index in [1.165, 1.54) is 10.6 Å². The summed E-state index contributed by atoms with van der Waals surface area (Å²) in [7, 11) is 0. The van der Waals surface area contributed by atoms with Gasteiger partial charge in [-0.25, -0.2) is 0 Å². The second-order valence-electron chi connectivity index (χ2n) is 7.71. The number of hydrogen-bond acceptors (Lipinski definition) is 6. The number of hydrogen-bond donors (Lipinski definition) is 1. The van der Waals surface area contributed by atoms with Gasteiger partial charge in [0.2, 0.25) is 0 Å². The molecule has 1 aliphatic heterocycles. The maximum absolute atomic E-state index is 12.7. The van der Waals surface area contributed by atoms with Crippen molar-refractivity contribution in [2.75, 3.05) is 37.6 Å². The number of halogens is 1. The van der Waals surface area contributed by atoms with Crippen LogP contribution < -0.4 is 20.8 Å². The molecule has 32 heavy (non-hydrogen) atoms.